The van der Waals surface area contributed by atoms with Crippen LogP contribution >= 0.6 is 0 Å². The van der Waals surface area contributed by atoms with E-state index in [1.807, 2.05) is 20.8 Å². The van der Waals surface area contributed by atoms with E-state index in [1.165, 1.54) is 0 Å². The van der Waals surface area contributed by atoms with Gasteiger partial charge in [-0.15, -0.1) is 0 Å². The molecule has 16 heavy (non-hydrogen) atoms. The normalized spacial score (nSPS) is 21.8. The van der Waals surface area contributed by atoms with Gasteiger partial charge < -0.3 is 10.2 Å². The maximum absolute atomic E-state index is 11.9. The Morgan fingerprint density at radius 3 is 2.44 bits per heavy atom. The van der Waals surface area contributed by atoms with Crippen molar-refractivity contribution >= 4 is 11.8 Å². The Morgan fingerprint density at radius 2 is 1.94 bits per heavy atom. The molecule has 4 nitrogen and oxygen atoms in total. The summed E-state index contributed by atoms with van der Waals surface area (Å²) in [5, 5.41) is 2.97. The van der Waals surface area contributed by atoms with Crippen molar-refractivity contribution in [2.45, 2.75) is 46.1 Å². The van der Waals surface area contributed by atoms with Crippen LogP contribution in [0.3, 0.4) is 0 Å². The summed E-state index contributed by atoms with van der Waals surface area (Å²) >= 11 is 0. The third-order valence-electron chi connectivity index (χ3n) is 2.74. The Labute approximate surface area is 97.4 Å². The zero-order chi connectivity index (χ0) is 12.3. The molecule has 1 heterocycles. The molecule has 92 valence electrons. The van der Waals surface area contributed by atoms with E-state index in [2.05, 4.69) is 5.32 Å². The van der Waals surface area contributed by atoms with Crippen molar-refractivity contribution in [1.29, 1.82) is 0 Å². The predicted octanol–water partition coefficient (Wildman–Crippen LogP) is 1.16. The highest BCUT2D eigenvalue weighted by atomic mass is 16.2. The molecule has 1 aliphatic rings. The molecule has 1 N–H and O–H groups in total. The standard InChI is InChI=1S/C12H22N2O2/c1-9(15)14-7-5-6-10(8-14)11(16)13-12(2,3)4/h10H,5-8H2,1-4H3,(H,13,16). The Bertz CT molecular complexity index is 281. The second-order valence-electron chi connectivity index (χ2n) is 5.54. The lowest BCUT2D eigenvalue weighted by Crippen LogP contribution is -2.49. The molecular weight excluding hydrogens is 204 g/mol. The summed E-state index contributed by atoms with van der Waals surface area (Å²) in [4.78, 5) is 24.9. The van der Waals surface area contributed by atoms with Crippen molar-refractivity contribution in [2.24, 2.45) is 5.92 Å². The molecule has 1 saturated heterocycles. The summed E-state index contributed by atoms with van der Waals surface area (Å²) < 4.78 is 0. The number of carbonyl (C=O) groups excluding carboxylic acids is 2. The lowest BCUT2D eigenvalue weighted by molar-refractivity contribution is -0.134. The van der Waals surface area contributed by atoms with Gasteiger partial charge in [0.1, 0.15) is 0 Å². The molecule has 1 rings (SSSR count). The van der Waals surface area contributed by atoms with E-state index in [1.54, 1.807) is 11.8 Å². The number of nitrogens with zero attached hydrogens (tertiary/aromatic N) is 1. The van der Waals surface area contributed by atoms with E-state index in [-0.39, 0.29) is 23.3 Å². The zero-order valence-corrected chi connectivity index (χ0v) is 10.7. The molecular formula is C12H22N2O2. The first-order chi connectivity index (χ1) is 7.29. The number of hydrogen-bond acceptors (Lipinski definition) is 2. The maximum Gasteiger partial charge on any atom is 0.225 e. The van der Waals surface area contributed by atoms with Crippen molar-refractivity contribution in [3.05, 3.63) is 0 Å². The Hall–Kier alpha value is -1.06. The molecule has 0 aliphatic carbocycles. The fraction of sp³-hybridized carbons (Fsp3) is 0.833. The number of carbonyl (C=O) groups is 2. The Morgan fingerprint density at radius 1 is 1.31 bits per heavy atom. The van der Waals surface area contributed by atoms with Crippen LogP contribution in [0.2, 0.25) is 0 Å². The fourth-order valence-electron chi connectivity index (χ4n) is 1.95. The summed E-state index contributed by atoms with van der Waals surface area (Å²) in [6.07, 6.45) is 1.80. The molecule has 0 spiro atoms. The molecule has 4 heteroatoms. The highest BCUT2D eigenvalue weighted by Crippen LogP contribution is 2.17. The SMILES string of the molecule is CC(=O)N1CCCC(C(=O)NC(C)(C)C)C1. The van der Waals surface area contributed by atoms with E-state index >= 15 is 0 Å². The minimum atomic E-state index is -0.199. The quantitative estimate of drug-likeness (QED) is 0.729. The minimum absolute atomic E-state index is 0.0446. The molecule has 2 amide bonds. The van der Waals surface area contributed by atoms with Crippen LogP contribution in [0.5, 0.6) is 0 Å². The fourth-order valence-corrected chi connectivity index (χ4v) is 1.95. The molecule has 0 saturated carbocycles. The number of piperidine rings is 1. The number of amides is 2. The van der Waals surface area contributed by atoms with Gasteiger partial charge in [-0.2, -0.15) is 0 Å². The third-order valence-corrected chi connectivity index (χ3v) is 2.74. The molecule has 1 aliphatic heterocycles. The van der Waals surface area contributed by atoms with Crippen molar-refractivity contribution in [3.63, 3.8) is 0 Å². The first-order valence-corrected chi connectivity index (χ1v) is 5.87. The number of rotatable bonds is 1. The molecule has 0 aromatic heterocycles. The average Bonchev–Trinajstić information content (AvgIpc) is 2.15. The van der Waals surface area contributed by atoms with E-state index in [0.29, 0.717) is 6.54 Å². The van der Waals surface area contributed by atoms with Crippen molar-refractivity contribution < 1.29 is 9.59 Å². The van der Waals surface area contributed by atoms with Crippen LogP contribution in [0, 0.1) is 5.92 Å². The van der Waals surface area contributed by atoms with Crippen LogP contribution in [-0.4, -0.2) is 35.3 Å². The van der Waals surface area contributed by atoms with Crippen LogP contribution < -0.4 is 5.32 Å². The van der Waals surface area contributed by atoms with E-state index in [0.717, 1.165) is 19.4 Å². The predicted molar refractivity (Wildman–Crippen MR) is 62.9 cm³/mol. The lowest BCUT2D eigenvalue weighted by Gasteiger charge is -2.33. The number of likely N-dealkylation sites (tertiary alicyclic amines) is 1. The van der Waals surface area contributed by atoms with Crippen molar-refractivity contribution in [2.75, 3.05) is 13.1 Å². The van der Waals surface area contributed by atoms with Crippen molar-refractivity contribution in [1.82, 2.24) is 10.2 Å². The van der Waals surface area contributed by atoms with E-state index in [4.69, 9.17) is 0 Å². The lowest BCUT2D eigenvalue weighted by atomic mass is 9.95. The van der Waals surface area contributed by atoms with E-state index < -0.39 is 0 Å². The maximum atomic E-state index is 11.9. The minimum Gasteiger partial charge on any atom is -0.351 e. The van der Waals surface area contributed by atoms with Gasteiger partial charge in [0.2, 0.25) is 11.8 Å². The van der Waals surface area contributed by atoms with Crippen LogP contribution in [0.4, 0.5) is 0 Å². The first kappa shape index (κ1) is 13.0. The van der Waals surface area contributed by atoms with Crippen LogP contribution in [0.1, 0.15) is 40.5 Å². The topological polar surface area (TPSA) is 49.4 Å². The van der Waals surface area contributed by atoms with Gasteiger partial charge in [-0.25, -0.2) is 0 Å². The number of nitrogens with one attached hydrogen (secondary N) is 1. The number of hydrogen-bond donors (Lipinski definition) is 1. The highest BCUT2D eigenvalue weighted by Gasteiger charge is 2.28. The molecule has 1 unspecified atom stereocenters. The smallest absolute Gasteiger partial charge is 0.225 e. The molecule has 0 bridgehead atoms. The second kappa shape index (κ2) is 4.85. The second-order valence-corrected chi connectivity index (χ2v) is 5.54. The molecule has 0 aromatic rings. The zero-order valence-electron chi connectivity index (χ0n) is 10.7. The summed E-state index contributed by atoms with van der Waals surface area (Å²) in [5.41, 5.74) is -0.199. The highest BCUT2D eigenvalue weighted by molar-refractivity contribution is 5.81. The van der Waals surface area contributed by atoms with Crippen LogP contribution in [0.25, 0.3) is 0 Å². The van der Waals surface area contributed by atoms with Gasteiger partial charge in [0.25, 0.3) is 0 Å². The molecule has 1 fully saturated rings. The van der Waals surface area contributed by atoms with E-state index in [9.17, 15) is 9.59 Å². The summed E-state index contributed by atoms with van der Waals surface area (Å²) in [6.45, 7) is 8.82. The van der Waals surface area contributed by atoms with Gasteiger partial charge in [0, 0.05) is 25.6 Å². The third kappa shape index (κ3) is 3.83. The Kier molecular flexibility index (Phi) is 3.94. The monoisotopic (exact) mass is 226 g/mol. The Balaban J connectivity index is 2.54. The van der Waals surface area contributed by atoms with Crippen molar-refractivity contribution in [3.8, 4) is 0 Å². The summed E-state index contributed by atoms with van der Waals surface area (Å²) in [7, 11) is 0. The summed E-state index contributed by atoms with van der Waals surface area (Å²) in [5.74, 6) is 0.0867. The van der Waals surface area contributed by atoms with Gasteiger partial charge in [-0.1, -0.05) is 0 Å². The van der Waals surface area contributed by atoms with Gasteiger partial charge in [0.15, 0.2) is 0 Å². The molecule has 0 aromatic carbocycles. The molecule has 1 atom stereocenters. The average molecular weight is 226 g/mol. The van der Waals surface area contributed by atoms with Gasteiger partial charge >= 0.3 is 0 Å². The van der Waals surface area contributed by atoms with Gasteiger partial charge in [-0.05, 0) is 33.6 Å². The van der Waals surface area contributed by atoms with Crippen LogP contribution in [0.15, 0.2) is 0 Å². The first-order valence-electron chi connectivity index (χ1n) is 5.87. The summed E-state index contributed by atoms with van der Waals surface area (Å²) in [6, 6.07) is 0. The largest absolute Gasteiger partial charge is 0.351 e. The van der Waals surface area contributed by atoms with Crippen LogP contribution in [-0.2, 0) is 9.59 Å². The molecule has 0 radical (unpaired) electrons. The van der Waals surface area contributed by atoms with Gasteiger partial charge in [0.05, 0.1) is 5.92 Å². The van der Waals surface area contributed by atoms with Gasteiger partial charge in [-0.3, -0.25) is 9.59 Å².